The Balaban J connectivity index is 3.22. The molecular weight excluding hydrogens is 164 g/mol. The number of aliphatic hydroxyl groups is 1. The lowest BCUT2D eigenvalue weighted by molar-refractivity contribution is 0.195. The first kappa shape index (κ1) is 10.1. The van der Waals surface area contributed by atoms with Crippen LogP contribution in [0.15, 0.2) is 12.1 Å². The highest BCUT2D eigenvalue weighted by molar-refractivity contribution is 5.42. The lowest BCUT2D eigenvalue weighted by atomic mass is 9.99. The van der Waals surface area contributed by atoms with Gasteiger partial charge in [0.1, 0.15) is 5.75 Å². The lowest BCUT2D eigenvalue weighted by Crippen LogP contribution is -1.96. The second-order valence-electron chi connectivity index (χ2n) is 3.37. The Labute approximate surface area is 78.8 Å². The van der Waals surface area contributed by atoms with Crippen molar-refractivity contribution in [3.63, 3.8) is 0 Å². The molecule has 0 heterocycles. The monoisotopic (exact) mass is 180 g/mol. The van der Waals surface area contributed by atoms with Crippen molar-refractivity contribution in [2.45, 2.75) is 33.3 Å². The number of rotatable bonds is 2. The van der Waals surface area contributed by atoms with Gasteiger partial charge in [0.05, 0.1) is 6.10 Å². The molecule has 2 heteroatoms. The molecule has 0 fully saturated rings. The molecule has 0 amide bonds. The predicted octanol–water partition coefficient (Wildman–Crippen LogP) is 2.32. The molecule has 0 spiro atoms. The first-order valence-corrected chi connectivity index (χ1v) is 4.56. The number of aromatic hydroxyl groups is 1. The maximum absolute atomic E-state index is 9.52. The highest BCUT2D eigenvalue weighted by Crippen LogP contribution is 2.27. The van der Waals surface area contributed by atoms with Crippen LogP contribution in [0.5, 0.6) is 5.75 Å². The van der Waals surface area contributed by atoms with Gasteiger partial charge in [0.2, 0.25) is 0 Å². The van der Waals surface area contributed by atoms with Crippen LogP contribution in [0.4, 0.5) is 0 Å². The molecule has 72 valence electrons. The summed E-state index contributed by atoms with van der Waals surface area (Å²) < 4.78 is 0. The minimum absolute atomic E-state index is 0.185. The summed E-state index contributed by atoms with van der Waals surface area (Å²) in [4.78, 5) is 0. The van der Waals surface area contributed by atoms with Crippen LogP contribution in [0.3, 0.4) is 0 Å². The fraction of sp³-hybridized carbons (Fsp3) is 0.455. The number of hydrogen-bond donors (Lipinski definition) is 2. The molecule has 0 aliphatic carbocycles. The zero-order valence-electron chi connectivity index (χ0n) is 8.33. The van der Waals surface area contributed by atoms with Gasteiger partial charge in [-0.3, -0.25) is 0 Å². The zero-order chi connectivity index (χ0) is 10.0. The maximum Gasteiger partial charge on any atom is 0.121 e. The molecule has 0 aliphatic heterocycles. The maximum atomic E-state index is 9.52. The van der Waals surface area contributed by atoms with Crippen LogP contribution < -0.4 is 0 Å². The zero-order valence-corrected chi connectivity index (χ0v) is 8.33. The molecule has 1 aromatic carbocycles. The van der Waals surface area contributed by atoms with Crippen LogP contribution in [0.1, 0.15) is 36.6 Å². The van der Waals surface area contributed by atoms with Crippen molar-refractivity contribution in [3.05, 3.63) is 28.8 Å². The third kappa shape index (κ3) is 2.01. The fourth-order valence-corrected chi connectivity index (χ4v) is 1.47. The Morgan fingerprint density at radius 3 is 2.46 bits per heavy atom. The highest BCUT2D eigenvalue weighted by atomic mass is 16.3. The van der Waals surface area contributed by atoms with Crippen LogP contribution in [0.25, 0.3) is 0 Å². The molecule has 2 N–H and O–H groups in total. The molecule has 2 nitrogen and oxygen atoms in total. The molecule has 0 bridgehead atoms. The van der Waals surface area contributed by atoms with Crippen molar-refractivity contribution in [1.82, 2.24) is 0 Å². The van der Waals surface area contributed by atoms with E-state index in [4.69, 9.17) is 0 Å². The second kappa shape index (κ2) is 3.79. The largest absolute Gasteiger partial charge is 0.508 e. The van der Waals surface area contributed by atoms with Crippen LogP contribution in [-0.2, 0) is 6.42 Å². The number of phenols is 1. The van der Waals surface area contributed by atoms with Gasteiger partial charge in [-0.15, -0.1) is 0 Å². The van der Waals surface area contributed by atoms with Crippen molar-refractivity contribution >= 4 is 0 Å². The van der Waals surface area contributed by atoms with Gasteiger partial charge in [0.25, 0.3) is 0 Å². The van der Waals surface area contributed by atoms with Crippen molar-refractivity contribution in [1.29, 1.82) is 0 Å². The smallest absolute Gasteiger partial charge is 0.121 e. The molecule has 0 aromatic heterocycles. The summed E-state index contributed by atoms with van der Waals surface area (Å²) in [6.45, 7) is 5.68. The Bertz CT molecular complexity index is 303. The standard InChI is InChI=1S/C11H16O2/c1-4-9-6-10(8(3)12)11(13)5-7(9)2/h5-6,8,12-13H,4H2,1-3H3. The summed E-state index contributed by atoms with van der Waals surface area (Å²) in [5, 5.41) is 18.9. The van der Waals surface area contributed by atoms with E-state index in [1.807, 2.05) is 13.0 Å². The lowest BCUT2D eigenvalue weighted by Gasteiger charge is -2.11. The van der Waals surface area contributed by atoms with E-state index in [2.05, 4.69) is 6.92 Å². The van der Waals surface area contributed by atoms with E-state index in [9.17, 15) is 10.2 Å². The van der Waals surface area contributed by atoms with Crippen LogP contribution in [0.2, 0.25) is 0 Å². The Hall–Kier alpha value is -1.02. The summed E-state index contributed by atoms with van der Waals surface area (Å²) in [6, 6.07) is 3.58. The summed E-state index contributed by atoms with van der Waals surface area (Å²) in [5.74, 6) is 0.185. The molecule has 13 heavy (non-hydrogen) atoms. The topological polar surface area (TPSA) is 40.5 Å². The molecule has 0 saturated carbocycles. The van der Waals surface area contributed by atoms with Crippen molar-refractivity contribution < 1.29 is 10.2 Å². The summed E-state index contributed by atoms with van der Waals surface area (Å²) in [7, 11) is 0. The van der Waals surface area contributed by atoms with Gasteiger partial charge < -0.3 is 10.2 Å². The molecule has 1 unspecified atom stereocenters. The number of benzene rings is 1. The average Bonchev–Trinajstić information content (AvgIpc) is 2.03. The van der Waals surface area contributed by atoms with Crippen molar-refractivity contribution in [3.8, 4) is 5.75 Å². The summed E-state index contributed by atoms with van der Waals surface area (Å²) in [5.41, 5.74) is 2.86. The highest BCUT2D eigenvalue weighted by Gasteiger charge is 2.09. The van der Waals surface area contributed by atoms with E-state index in [0.717, 1.165) is 12.0 Å². The minimum Gasteiger partial charge on any atom is -0.508 e. The molecule has 0 saturated heterocycles. The van der Waals surface area contributed by atoms with Gasteiger partial charge in [-0.1, -0.05) is 6.92 Å². The van der Waals surface area contributed by atoms with E-state index < -0.39 is 6.10 Å². The molecule has 1 rings (SSSR count). The molecule has 1 aromatic rings. The third-order valence-corrected chi connectivity index (χ3v) is 2.32. The molecule has 1 atom stereocenters. The number of phenolic OH excluding ortho intramolecular Hbond substituents is 1. The van der Waals surface area contributed by atoms with Crippen LogP contribution in [-0.4, -0.2) is 10.2 Å². The quantitative estimate of drug-likeness (QED) is 0.733. The van der Waals surface area contributed by atoms with E-state index in [1.165, 1.54) is 5.56 Å². The normalized spacial score (nSPS) is 12.9. The van der Waals surface area contributed by atoms with E-state index >= 15 is 0 Å². The van der Waals surface area contributed by atoms with Gasteiger partial charge in [-0.25, -0.2) is 0 Å². The Morgan fingerprint density at radius 1 is 1.38 bits per heavy atom. The first-order chi connectivity index (χ1) is 6.06. The van der Waals surface area contributed by atoms with Gasteiger partial charge in [-0.2, -0.15) is 0 Å². The summed E-state index contributed by atoms with van der Waals surface area (Å²) in [6.07, 6.45) is 0.317. The van der Waals surface area contributed by atoms with Gasteiger partial charge >= 0.3 is 0 Å². The minimum atomic E-state index is -0.606. The van der Waals surface area contributed by atoms with Gasteiger partial charge in [0, 0.05) is 5.56 Å². The fourth-order valence-electron chi connectivity index (χ4n) is 1.47. The van der Waals surface area contributed by atoms with E-state index in [0.29, 0.717) is 5.56 Å². The van der Waals surface area contributed by atoms with Crippen LogP contribution >= 0.6 is 0 Å². The SMILES string of the molecule is CCc1cc(C(C)O)c(O)cc1C. The van der Waals surface area contributed by atoms with E-state index in [-0.39, 0.29) is 5.75 Å². The van der Waals surface area contributed by atoms with Gasteiger partial charge in [-0.05, 0) is 43.5 Å². The molecule has 0 radical (unpaired) electrons. The Kier molecular flexibility index (Phi) is 2.94. The first-order valence-electron chi connectivity index (χ1n) is 4.56. The molecular formula is C11H16O2. The summed E-state index contributed by atoms with van der Waals surface area (Å²) >= 11 is 0. The third-order valence-electron chi connectivity index (χ3n) is 2.32. The number of aryl methyl sites for hydroxylation is 2. The van der Waals surface area contributed by atoms with Crippen molar-refractivity contribution in [2.75, 3.05) is 0 Å². The predicted molar refractivity (Wildman–Crippen MR) is 52.9 cm³/mol. The van der Waals surface area contributed by atoms with Crippen molar-refractivity contribution in [2.24, 2.45) is 0 Å². The van der Waals surface area contributed by atoms with Gasteiger partial charge in [0.15, 0.2) is 0 Å². The number of hydrogen-bond acceptors (Lipinski definition) is 2. The van der Waals surface area contributed by atoms with Crippen LogP contribution in [0, 0.1) is 6.92 Å². The second-order valence-corrected chi connectivity index (χ2v) is 3.37. The number of aliphatic hydroxyl groups excluding tert-OH is 1. The Morgan fingerprint density at radius 2 is 2.00 bits per heavy atom. The average molecular weight is 180 g/mol. The van der Waals surface area contributed by atoms with E-state index in [1.54, 1.807) is 13.0 Å². The molecule has 0 aliphatic rings.